The number of benzene rings is 1. The van der Waals surface area contributed by atoms with Gasteiger partial charge in [0.05, 0.1) is 4.47 Å². The summed E-state index contributed by atoms with van der Waals surface area (Å²) in [4.78, 5) is 23.3. The largest absolute Gasteiger partial charge is 0.483 e. The Balaban J connectivity index is 2.21. The second-order valence-corrected chi connectivity index (χ2v) is 6.52. The summed E-state index contributed by atoms with van der Waals surface area (Å²) in [7, 11) is 0. The molecule has 2 N–H and O–H groups in total. The number of hydrogen-bond donors (Lipinski definition) is 2. The molecule has 5 nitrogen and oxygen atoms in total. The standard InChI is InChI=1S/C18H27BrN2O3/c1-3-5-6-7-8-9-17(22)20-21-18(23)13-24-16-11-10-14(4-2)12-15(16)19/h10-12H,3-9,13H2,1-2H3,(H,20,22)(H,21,23). The number of nitrogens with one attached hydrogen (secondary N) is 2. The van der Waals surface area contributed by atoms with Gasteiger partial charge in [-0.1, -0.05) is 45.6 Å². The Morgan fingerprint density at radius 2 is 1.75 bits per heavy atom. The average Bonchev–Trinajstić information content (AvgIpc) is 2.58. The molecule has 134 valence electrons. The van der Waals surface area contributed by atoms with Crippen LogP contribution < -0.4 is 15.6 Å². The predicted molar refractivity (Wildman–Crippen MR) is 98.7 cm³/mol. The number of amides is 2. The maximum absolute atomic E-state index is 11.7. The van der Waals surface area contributed by atoms with Gasteiger partial charge in [0.15, 0.2) is 6.61 Å². The highest BCUT2D eigenvalue weighted by Gasteiger charge is 2.07. The quantitative estimate of drug-likeness (QED) is 0.463. The monoisotopic (exact) mass is 398 g/mol. The SMILES string of the molecule is CCCCCCCC(=O)NNC(=O)COc1ccc(CC)cc1Br. The molecule has 0 unspecified atom stereocenters. The molecule has 0 aliphatic rings. The Hall–Kier alpha value is -1.56. The van der Waals surface area contributed by atoms with Crippen molar-refractivity contribution < 1.29 is 14.3 Å². The lowest BCUT2D eigenvalue weighted by Gasteiger charge is -2.10. The molecular weight excluding hydrogens is 372 g/mol. The Labute approximate surface area is 152 Å². The number of halogens is 1. The Kier molecular flexibility index (Phi) is 10.2. The van der Waals surface area contributed by atoms with E-state index in [1.807, 2.05) is 18.2 Å². The van der Waals surface area contributed by atoms with Crippen LogP contribution in [0.3, 0.4) is 0 Å². The van der Waals surface area contributed by atoms with Gasteiger partial charge in [0.25, 0.3) is 5.91 Å². The highest BCUT2D eigenvalue weighted by molar-refractivity contribution is 9.10. The first-order chi connectivity index (χ1) is 11.6. The van der Waals surface area contributed by atoms with Crippen LogP contribution in [0.1, 0.15) is 57.9 Å². The highest BCUT2D eigenvalue weighted by atomic mass is 79.9. The second kappa shape index (κ2) is 11.9. The summed E-state index contributed by atoms with van der Waals surface area (Å²) in [5.74, 6) is 0.0405. The number of aryl methyl sites for hydroxylation is 1. The summed E-state index contributed by atoms with van der Waals surface area (Å²) in [6, 6.07) is 5.75. The third-order valence-corrected chi connectivity index (χ3v) is 4.23. The van der Waals surface area contributed by atoms with Gasteiger partial charge >= 0.3 is 0 Å². The van der Waals surface area contributed by atoms with E-state index >= 15 is 0 Å². The van der Waals surface area contributed by atoms with Gasteiger partial charge in [0.1, 0.15) is 5.75 Å². The van der Waals surface area contributed by atoms with E-state index in [0.717, 1.165) is 30.2 Å². The summed E-state index contributed by atoms with van der Waals surface area (Å²) in [6.07, 6.45) is 6.77. The van der Waals surface area contributed by atoms with Gasteiger partial charge in [-0.15, -0.1) is 0 Å². The van der Waals surface area contributed by atoms with Crippen molar-refractivity contribution in [3.05, 3.63) is 28.2 Å². The number of hydrogen-bond acceptors (Lipinski definition) is 3. The fourth-order valence-electron chi connectivity index (χ4n) is 2.15. The minimum atomic E-state index is -0.388. The van der Waals surface area contributed by atoms with Crippen LogP contribution in [0.25, 0.3) is 0 Å². The maximum atomic E-state index is 11.7. The van der Waals surface area contributed by atoms with Crippen molar-refractivity contribution in [1.29, 1.82) is 0 Å². The zero-order valence-corrected chi connectivity index (χ0v) is 16.1. The van der Waals surface area contributed by atoms with Crippen molar-refractivity contribution in [2.24, 2.45) is 0 Å². The molecule has 0 spiro atoms. The molecule has 0 saturated carbocycles. The fourth-order valence-corrected chi connectivity index (χ4v) is 2.69. The minimum Gasteiger partial charge on any atom is -0.483 e. The molecule has 0 aliphatic heterocycles. The van der Waals surface area contributed by atoms with Crippen LogP contribution >= 0.6 is 15.9 Å². The molecule has 24 heavy (non-hydrogen) atoms. The smallest absolute Gasteiger partial charge is 0.276 e. The predicted octanol–water partition coefficient (Wildman–Crippen LogP) is 3.90. The molecule has 0 bridgehead atoms. The molecule has 0 saturated heterocycles. The van der Waals surface area contributed by atoms with Crippen molar-refractivity contribution >= 4 is 27.7 Å². The third-order valence-electron chi connectivity index (χ3n) is 3.61. The van der Waals surface area contributed by atoms with E-state index in [0.29, 0.717) is 12.2 Å². The molecule has 0 aliphatic carbocycles. The molecule has 0 aromatic heterocycles. The lowest BCUT2D eigenvalue weighted by atomic mass is 10.1. The van der Waals surface area contributed by atoms with E-state index in [1.54, 1.807) is 0 Å². The van der Waals surface area contributed by atoms with E-state index in [4.69, 9.17) is 4.74 Å². The van der Waals surface area contributed by atoms with Crippen molar-refractivity contribution in [1.82, 2.24) is 10.9 Å². The first kappa shape index (κ1) is 20.5. The van der Waals surface area contributed by atoms with Gasteiger partial charge in [0.2, 0.25) is 5.91 Å². The lowest BCUT2D eigenvalue weighted by Crippen LogP contribution is -2.43. The number of unbranched alkanes of at least 4 members (excludes halogenated alkanes) is 4. The van der Waals surface area contributed by atoms with Crippen LogP contribution in [0.5, 0.6) is 5.75 Å². The van der Waals surface area contributed by atoms with E-state index in [2.05, 4.69) is 40.6 Å². The van der Waals surface area contributed by atoms with Crippen molar-refractivity contribution in [2.75, 3.05) is 6.61 Å². The highest BCUT2D eigenvalue weighted by Crippen LogP contribution is 2.26. The van der Waals surface area contributed by atoms with Crippen LogP contribution in [0, 0.1) is 0 Å². The summed E-state index contributed by atoms with van der Waals surface area (Å²) >= 11 is 3.42. The molecule has 1 aromatic carbocycles. The molecule has 6 heteroatoms. The topological polar surface area (TPSA) is 67.4 Å². The number of rotatable bonds is 10. The van der Waals surface area contributed by atoms with Crippen LogP contribution in [0.4, 0.5) is 0 Å². The van der Waals surface area contributed by atoms with Crippen LogP contribution in [0.15, 0.2) is 22.7 Å². The normalized spacial score (nSPS) is 10.3. The fraction of sp³-hybridized carbons (Fsp3) is 0.556. The molecule has 0 heterocycles. The molecule has 0 radical (unpaired) electrons. The summed E-state index contributed by atoms with van der Waals surface area (Å²) in [5, 5.41) is 0. The van der Waals surface area contributed by atoms with E-state index in [-0.39, 0.29) is 18.4 Å². The van der Waals surface area contributed by atoms with Crippen molar-refractivity contribution in [3.8, 4) is 5.75 Å². The first-order valence-electron chi connectivity index (χ1n) is 8.55. The molecule has 1 rings (SSSR count). The number of carbonyl (C=O) groups excluding carboxylic acids is 2. The second-order valence-electron chi connectivity index (χ2n) is 5.67. The molecule has 0 atom stereocenters. The van der Waals surface area contributed by atoms with E-state index in [9.17, 15) is 9.59 Å². The van der Waals surface area contributed by atoms with Crippen molar-refractivity contribution in [3.63, 3.8) is 0 Å². The summed E-state index contributed by atoms with van der Waals surface area (Å²) in [5.41, 5.74) is 5.97. The number of ether oxygens (including phenoxy) is 1. The number of carbonyl (C=O) groups is 2. The summed E-state index contributed by atoms with van der Waals surface area (Å²) in [6.45, 7) is 4.07. The first-order valence-corrected chi connectivity index (χ1v) is 9.35. The van der Waals surface area contributed by atoms with E-state index < -0.39 is 0 Å². The van der Waals surface area contributed by atoms with Gasteiger partial charge in [-0.25, -0.2) is 0 Å². The molecule has 0 fully saturated rings. The van der Waals surface area contributed by atoms with Crippen LogP contribution in [-0.4, -0.2) is 18.4 Å². The maximum Gasteiger partial charge on any atom is 0.276 e. The Bertz CT molecular complexity index is 535. The van der Waals surface area contributed by atoms with Crippen molar-refractivity contribution in [2.45, 2.75) is 58.8 Å². The molecule has 1 aromatic rings. The lowest BCUT2D eigenvalue weighted by molar-refractivity contribution is -0.130. The Morgan fingerprint density at radius 3 is 2.42 bits per heavy atom. The van der Waals surface area contributed by atoms with Gasteiger partial charge in [-0.2, -0.15) is 0 Å². The zero-order valence-electron chi connectivity index (χ0n) is 14.5. The van der Waals surface area contributed by atoms with Gasteiger partial charge < -0.3 is 4.74 Å². The van der Waals surface area contributed by atoms with Gasteiger partial charge in [-0.05, 0) is 46.5 Å². The Morgan fingerprint density at radius 1 is 1.04 bits per heavy atom. The zero-order chi connectivity index (χ0) is 17.8. The summed E-state index contributed by atoms with van der Waals surface area (Å²) < 4.78 is 6.26. The van der Waals surface area contributed by atoms with Crippen LogP contribution in [0.2, 0.25) is 0 Å². The molecule has 2 amide bonds. The minimum absolute atomic E-state index is 0.152. The van der Waals surface area contributed by atoms with Gasteiger partial charge in [0, 0.05) is 6.42 Å². The average molecular weight is 399 g/mol. The molecular formula is C18H27BrN2O3. The number of hydrazine groups is 1. The van der Waals surface area contributed by atoms with E-state index in [1.165, 1.54) is 18.4 Å². The van der Waals surface area contributed by atoms with Gasteiger partial charge in [-0.3, -0.25) is 20.4 Å². The third kappa shape index (κ3) is 8.34. The van der Waals surface area contributed by atoms with Crippen LogP contribution in [-0.2, 0) is 16.0 Å².